The smallest absolute Gasteiger partial charge is 0.251 e. The van der Waals surface area contributed by atoms with E-state index in [4.69, 9.17) is 11.6 Å². The Kier molecular flexibility index (Phi) is 6.18. The molecule has 120 valence electrons. The fraction of sp³-hybridized carbons (Fsp3) is 0.222. The van der Waals surface area contributed by atoms with Crippen LogP contribution in [0.3, 0.4) is 0 Å². The molecule has 0 aromatic heterocycles. The van der Waals surface area contributed by atoms with E-state index in [0.29, 0.717) is 23.6 Å². The van der Waals surface area contributed by atoms with Crippen molar-refractivity contribution in [3.63, 3.8) is 0 Å². The first kappa shape index (κ1) is 17.0. The van der Waals surface area contributed by atoms with Crippen LogP contribution in [0.4, 0.5) is 0 Å². The molecule has 0 saturated carbocycles. The molecule has 2 aromatic carbocycles. The highest BCUT2D eigenvalue weighted by molar-refractivity contribution is 6.30. The van der Waals surface area contributed by atoms with Crippen molar-refractivity contribution in [3.05, 3.63) is 70.2 Å². The van der Waals surface area contributed by atoms with Crippen LogP contribution < -0.4 is 10.6 Å². The minimum Gasteiger partial charge on any atom is -0.354 e. The molecule has 0 spiro atoms. The lowest BCUT2D eigenvalue weighted by Gasteiger charge is -2.07. The van der Waals surface area contributed by atoms with Crippen molar-refractivity contribution in [2.75, 3.05) is 13.1 Å². The Morgan fingerprint density at radius 1 is 1.04 bits per heavy atom. The van der Waals surface area contributed by atoms with E-state index < -0.39 is 0 Å². The van der Waals surface area contributed by atoms with Crippen LogP contribution in [0.1, 0.15) is 21.5 Å². The molecule has 0 aliphatic rings. The van der Waals surface area contributed by atoms with Gasteiger partial charge in [-0.25, -0.2) is 0 Å². The molecule has 0 saturated heterocycles. The lowest BCUT2D eigenvalue weighted by molar-refractivity contribution is -0.120. The van der Waals surface area contributed by atoms with Crippen molar-refractivity contribution < 1.29 is 9.59 Å². The van der Waals surface area contributed by atoms with Gasteiger partial charge in [0.05, 0.1) is 6.54 Å². The topological polar surface area (TPSA) is 58.2 Å². The summed E-state index contributed by atoms with van der Waals surface area (Å²) in [5.41, 5.74) is 2.66. The van der Waals surface area contributed by atoms with Gasteiger partial charge in [0.25, 0.3) is 5.91 Å². The van der Waals surface area contributed by atoms with Crippen LogP contribution >= 0.6 is 11.6 Å². The Morgan fingerprint density at radius 3 is 2.48 bits per heavy atom. The van der Waals surface area contributed by atoms with Crippen molar-refractivity contribution in [3.8, 4) is 0 Å². The molecular formula is C18H19ClN2O2. The highest BCUT2D eigenvalue weighted by Gasteiger charge is 2.07. The molecule has 0 aliphatic heterocycles. The number of hydrogen-bond donors (Lipinski definition) is 2. The van der Waals surface area contributed by atoms with E-state index in [9.17, 15) is 9.59 Å². The first-order valence-corrected chi connectivity index (χ1v) is 7.78. The van der Waals surface area contributed by atoms with Gasteiger partial charge in [-0.2, -0.15) is 0 Å². The highest BCUT2D eigenvalue weighted by Crippen LogP contribution is 2.09. The second-order valence-corrected chi connectivity index (χ2v) is 5.72. The standard InChI is InChI=1S/C18H19ClN2O2/c1-13-3-2-4-15(11-13)18(23)21-12-17(22)20-10-9-14-5-7-16(19)8-6-14/h2-8,11H,9-10,12H2,1H3,(H,20,22)(H,21,23). The molecule has 4 nitrogen and oxygen atoms in total. The van der Waals surface area contributed by atoms with Crippen LogP contribution in [-0.2, 0) is 11.2 Å². The van der Waals surface area contributed by atoms with Crippen molar-refractivity contribution in [2.24, 2.45) is 0 Å². The van der Waals surface area contributed by atoms with Gasteiger partial charge in [-0.3, -0.25) is 9.59 Å². The molecule has 0 bridgehead atoms. The summed E-state index contributed by atoms with van der Waals surface area (Å²) in [5, 5.41) is 6.08. The zero-order valence-corrected chi connectivity index (χ0v) is 13.7. The van der Waals surface area contributed by atoms with Gasteiger partial charge in [-0.05, 0) is 43.2 Å². The number of aryl methyl sites for hydroxylation is 1. The maximum absolute atomic E-state index is 11.9. The van der Waals surface area contributed by atoms with Crippen molar-refractivity contribution in [1.29, 1.82) is 0 Å². The van der Waals surface area contributed by atoms with E-state index in [0.717, 1.165) is 11.1 Å². The summed E-state index contributed by atoms with van der Waals surface area (Å²) in [5.74, 6) is -0.457. The van der Waals surface area contributed by atoms with Crippen molar-refractivity contribution in [1.82, 2.24) is 10.6 Å². The molecule has 0 radical (unpaired) electrons. The zero-order valence-electron chi connectivity index (χ0n) is 12.9. The number of rotatable bonds is 6. The second-order valence-electron chi connectivity index (χ2n) is 5.28. The lowest BCUT2D eigenvalue weighted by atomic mass is 10.1. The summed E-state index contributed by atoms with van der Waals surface area (Å²) in [4.78, 5) is 23.7. The van der Waals surface area contributed by atoms with E-state index in [2.05, 4.69) is 10.6 Å². The molecular weight excluding hydrogens is 312 g/mol. The average Bonchev–Trinajstić information content (AvgIpc) is 2.54. The summed E-state index contributed by atoms with van der Waals surface area (Å²) < 4.78 is 0. The lowest BCUT2D eigenvalue weighted by Crippen LogP contribution is -2.37. The van der Waals surface area contributed by atoms with Crippen LogP contribution in [-0.4, -0.2) is 24.9 Å². The molecule has 0 unspecified atom stereocenters. The zero-order chi connectivity index (χ0) is 16.7. The maximum Gasteiger partial charge on any atom is 0.251 e. The number of hydrogen-bond acceptors (Lipinski definition) is 2. The third kappa shape index (κ3) is 5.75. The first-order chi connectivity index (χ1) is 11.0. The number of nitrogens with one attached hydrogen (secondary N) is 2. The molecule has 5 heteroatoms. The summed E-state index contributed by atoms with van der Waals surface area (Å²) in [6, 6.07) is 14.7. The van der Waals surface area contributed by atoms with Gasteiger partial charge in [-0.1, -0.05) is 41.4 Å². The minimum absolute atomic E-state index is 0.0343. The Balaban J connectivity index is 1.70. The molecule has 0 aliphatic carbocycles. The predicted octanol–water partition coefficient (Wildman–Crippen LogP) is 2.74. The summed E-state index contributed by atoms with van der Waals surface area (Å²) in [7, 11) is 0. The largest absolute Gasteiger partial charge is 0.354 e. The van der Waals surface area contributed by atoms with Crippen molar-refractivity contribution in [2.45, 2.75) is 13.3 Å². The Bertz CT molecular complexity index is 684. The summed E-state index contributed by atoms with van der Waals surface area (Å²) in [6.45, 7) is 2.40. The van der Waals surface area contributed by atoms with Gasteiger partial charge < -0.3 is 10.6 Å². The first-order valence-electron chi connectivity index (χ1n) is 7.40. The molecule has 0 fully saturated rings. The van der Waals surface area contributed by atoms with Gasteiger partial charge in [0.2, 0.25) is 5.91 Å². The summed E-state index contributed by atoms with van der Waals surface area (Å²) in [6.07, 6.45) is 0.717. The molecule has 23 heavy (non-hydrogen) atoms. The molecule has 2 aromatic rings. The molecule has 2 rings (SSSR count). The maximum atomic E-state index is 11.9. The molecule has 0 heterocycles. The number of halogens is 1. The van der Waals surface area contributed by atoms with E-state index in [1.165, 1.54) is 0 Å². The van der Waals surface area contributed by atoms with Gasteiger partial charge in [0.15, 0.2) is 0 Å². The van der Waals surface area contributed by atoms with Crippen LogP contribution in [0, 0.1) is 6.92 Å². The van der Waals surface area contributed by atoms with Crippen LogP contribution in [0.25, 0.3) is 0 Å². The fourth-order valence-electron chi connectivity index (χ4n) is 2.11. The number of benzene rings is 2. The quantitative estimate of drug-likeness (QED) is 0.855. The minimum atomic E-state index is -0.249. The van der Waals surface area contributed by atoms with Crippen LogP contribution in [0.15, 0.2) is 48.5 Å². The summed E-state index contributed by atoms with van der Waals surface area (Å²) >= 11 is 5.82. The molecule has 2 N–H and O–H groups in total. The predicted molar refractivity (Wildman–Crippen MR) is 91.7 cm³/mol. The number of amides is 2. The van der Waals surface area contributed by atoms with Crippen LogP contribution in [0.2, 0.25) is 5.02 Å². The SMILES string of the molecule is Cc1cccc(C(=O)NCC(=O)NCCc2ccc(Cl)cc2)c1. The number of carbonyl (C=O) groups excluding carboxylic acids is 2. The Morgan fingerprint density at radius 2 is 1.78 bits per heavy atom. The van der Waals surface area contributed by atoms with E-state index in [1.807, 2.05) is 43.3 Å². The molecule has 2 amide bonds. The average molecular weight is 331 g/mol. The number of carbonyl (C=O) groups is 2. The fourth-order valence-corrected chi connectivity index (χ4v) is 2.23. The monoisotopic (exact) mass is 330 g/mol. The van der Waals surface area contributed by atoms with Crippen molar-refractivity contribution >= 4 is 23.4 Å². The van der Waals surface area contributed by atoms with E-state index >= 15 is 0 Å². The Labute approximate surface area is 140 Å². The van der Waals surface area contributed by atoms with Gasteiger partial charge >= 0.3 is 0 Å². The van der Waals surface area contributed by atoms with E-state index in [-0.39, 0.29) is 18.4 Å². The van der Waals surface area contributed by atoms with Gasteiger partial charge in [0, 0.05) is 17.1 Å². The third-order valence-electron chi connectivity index (χ3n) is 3.34. The van der Waals surface area contributed by atoms with E-state index in [1.54, 1.807) is 12.1 Å². The second kappa shape index (κ2) is 8.34. The normalized spacial score (nSPS) is 10.2. The Hall–Kier alpha value is -2.33. The molecule has 0 atom stereocenters. The van der Waals surface area contributed by atoms with Crippen LogP contribution in [0.5, 0.6) is 0 Å². The van der Waals surface area contributed by atoms with Gasteiger partial charge in [0.1, 0.15) is 0 Å². The highest BCUT2D eigenvalue weighted by atomic mass is 35.5. The van der Waals surface area contributed by atoms with Gasteiger partial charge in [-0.15, -0.1) is 0 Å². The third-order valence-corrected chi connectivity index (χ3v) is 3.59.